The van der Waals surface area contributed by atoms with E-state index in [0.717, 1.165) is 25.9 Å². The number of rotatable bonds is 3. The molecule has 2 rings (SSSR count). The molecule has 0 N–H and O–H groups in total. The van der Waals surface area contributed by atoms with Crippen LogP contribution in [0.15, 0.2) is 18.2 Å². The molecule has 0 spiro atoms. The molecule has 1 heterocycles. The number of hydrogen-bond acceptors (Lipinski definition) is 2. The lowest BCUT2D eigenvalue weighted by atomic mass is 10.1. The van der Waals surface area contributed by atoms with Crippen molar-refractivity contribution in [3.05, 3.63) is 29.6 Å². The van der Waals surface area contributed by atoms with Crippen LogP contribution >= 0.6 is 11.6 Å². The van der Waals surface area contributed by atoms with Crippen LogP contribution in [0.2, 0.25) is 0 Å². The zero-order valence-corrected chi connectivity index (χ0v) is 10.9. The molecular weight excluding hydrogens is 257 g/mol. The van der Waals surface area contributed by atoms with Crippen molar-refractivity contribution >= 4 is 17.5 Å². The van der Waals surface area contributed by atoms with E-state index in [1.165, 1.54) is 19.2 Å². The van der Waals surface area contributed by atoms with E-state index in [-0.39, 0.29) is 11.7 Å². The normalized spacial score (nSPS) is 16.7. The lowest BCUT2D eigenvalue weighted by molar-refractivity contribution is -0.129. The Kier molecular flexibility index (Phi) is 4.07. The Hall–Kier alpha value is -1.29. The van der Waals surface area contributed by atoms with Crippen LogP contribution in [0, 0.1) is 5.82 Å². The standard InChI is InChI=1S/C13H15ClFNO2/c1-18-11-5-4-9(8-10(11)15)12(14)13(17)16-6-2-3-7-16/h4-5,8,12H,2-3,6-7H2,1H3. The summed E-state index contributed by atoms with van der Waals surface area (Å²) in [6.07, 6.45) is 2.01. The van der Waals surface area contributed by atoms with Crippen molar-refractivity contribution in [1.82, 2.24) is 4.90 Å². The van der Waals surface area contributed by atoms with Crippen LogP contribution in [0.5, 0.6) is 5.75 Å². The van der Waals surface area contributed by atoms with Gasteiger partial charge in [-0.1, -0.05) is 6.07 Å². The first-order valence-electron chi connectivity index (χ1n) is 5.90. The Bertz CT molecular complexity index is 447. The second-order valence-corrected chi connectivity index (χ2v) is 4.73. The monoisotopic (exact) mass is 271 g/mol. The fourth-order valence-corrected chi connectivity index (χ4v) is 2.35. The number of benzene rings is 1. The number of alkyl halides is 1. The minimum atomic E-state index is -0.830. The maximum atomic E-state index is 13.5. The summed E-state index contributed by atoms with van der Waals surface area (Å²) < 4.78 is 18.4. The second kappa shape index (κ2) is 5.57. The first-order valence-corrected chi connectivity index (χ1v) is 6.33. The van der Waals surface area contributed by atoms with Crippen molar-refractivity contribution in [2.45, 2.75) is 18.2 Å². The summed E-state index contributed by atoms with van der Waals surface area (Å²) >= 11 is 6.11. The molecule has 1 aliphatic rings. The van der Waals surface area contributed by atoms with E-state index in [1.54, 1.807) is 11.0 Å². The summed E-state index contributed by atoms with van der Waals surface area (Å²) in [5, 5.41) is -0.830. The minimum Gasteiger partial charge on any atom is -0.494 e. The van der Waals surface area contributed by atoms with Crippen LogP contribution in [0.3, 0.4) is 0 Å². The largest absolute Gasteiger partial charge is 0.494 e. The van der Waals surface area contributed by atoms with Crippen molar-refractivity contribution in [3.63, 3.8) is 0 Å². The first-order chi connectivity index (χ1) is 8.63. The highest BCUT2D eigenvalue weighted by Crippen LogP contribution is 2.28. The Labute approximate surface area is 110 Å². The summed E-state index contributed by atoms with van der Waals surface area (Å²) in [4.78, 5) is 13.8. The van der Waals surface area contributed by atoms with Crippen molar-refractivity contribution < 1.29 is 13.9 Å². The first kappa shape index (κ1) is 13.1. The predicted octanol–water partition coefficient (Wildman–Crippen LogP) is 2.74. The van der Waals surface area contributed by atoms with E-state index in [9.17, 15) is 9.18 Å². The fourth-order valence-electron chi connectivity index (χ4n) is 2.08. The van der Waals surface area contributed by atoms with Crippen molar-refractivity contribution in [3.8, 4) is 5.75 Å². The molecule has 1 atom stereocenters. The smallest absolute Gasteiger partial charge is 0.245 e. The maximum Gasteiger partial charge on any atom is 0.245 e. The molecule has 0 aromatic heterocycles. The van der Waals surface area contributed by atoms with Crippen molar-refractivity contribution in [2.24, 2.45) is 0 Å². The molecule has 5 heteroatoms. The fraction of sp³-hybridized carbons (Fsp3) is 0.462. The SMILES string of the molecule is COc1ccc(C(Cl)C(=O)N2CCCC2)cc1F. The zero-order valence-electron chi connectivity index (χ0n) is 10.2. The number of hydrogen-bond donors (Lipinski definition) is 0. The van der Waals surface area contributed by atoms with Gasteiger partial charge in [-0.25, -0.2) is 4.39 Å². The van der Waals surface area contributed by atoms with Gasteiger partial charge in [0.25, 0.3) is 0 Å². The van der Waals surface area contributed by atoms with Crippen molar-refractivity contribution in [2.75, 3.05) is 20.2 Å². The number of ether oxygens (including phenoxy) is 1. The number of carbonyl (C=O) groups is 1. The van der Waals surface area contributed by atoms with E-state index in [0.29, 0.717) is 5.56 Å². The van der Waals surface area contributed by atoms with Gasteiger partial charge in [0, 0.05) is 13.1 Å². The van der Waals surface area contributed by atoms with Crippen LogP contribution in [0.4, 0.5) is 4.39 Å². The van der Waals surface area contributed by atoms with E-state index in [1.807, 2.05) is 0 Å². The highest BCUT2D eigenvalue weighted by molar-refractivity contribution is 6.30. The van der Waals surface area contributed by atoms with Crippen molar-refractivity contribution in [1.29, 1.82) is 0 Å². The zero-order chi connectivity index (χ0) is 13.1. The van der Waals surface area contributed by atoms with Gasteiger partial charge >= 0.3 is 0 Å². The number of likely N-dealkylation sites (tertiary alicyclic amines) is 1. The summed E-state index contributed by atoms with van der Waals surface area (Å²) in [7, 11) is 1.39. The second-order valence-electron chi connectivity index (χ2n) is 4.29. The Balaban J connectivity index is 2.15. The Morgan fingerprint density at radius 3 is 2.67 bits per heavy atom. The number of nitrogens with zero attached hydrogens (tertiary/aromatic N) is 1. The van der Waals surface area contributed by atoms with Gasteiger partial charge in [-0.15, -0.1) is 11.6 Å². The molecule has 18 heavy (non-hydrogen) atoms. The minimum absolute atomic E-state index is 0.149. The molecule has 98 valence electrons. The van der Waals surface area contributed by atoms with Gasteiger partial charge in [-0.2, -0.15) is 0 Å². The van der Waals surface area contributed by atoms with E-state index >= 15 is 0 Å². The molecule has 1 amide bonds. The molecular formula is C13H15ClFNO2. The number of halogens is 2. The van der Waals surface area contributed by atoms with Gasteiger partial charge < -0.3 is 9.64 Å². The maximum absolute atomic E-state index is 13.5. The number of amides is 1. The van der Waals surface area contributed by atoms with Gasteiger partial charge in [-0.05, 0) is 30.5 Å². The summed E-state index contributed by atoms with van der Waals surface area (Å²) in [5.41, 5.74) is 0.465. The highest BCUT2D eigenvalue weighted by Gasteiger charge is 2.26. The quantitative estimate of drug-likeness (QED) is 0.791. The third-order valence-corrected chi connectivity index (χ3v) is 3.54. The van der Waals surface area contributed by atoms with Gasteiger partial charge in [0.05, 0.1) is 7.11 Å². The topological polar surface area (TPSA) is 29.5 Å². The lowest BCUT2D eigenvalue weighted by Crippen LogP contribution is -2.30. The van der Waals surface area contributed by atoms with Crippen LogP contribution < -0.4 is 4.74 Å². The summed E-state index contributed by atoms with van der Waals surface area (Å²) in [6, 6.07) is 4.36. The molecule has 1 aromatic rings. The van der Waals surface area contributed by atoms with Gasteiger partial charge in [0.15, 0.2) is 11.6 Å². The molecule has 1 fully saturated rings. The number of methoxy groups -OCH3 is 1. The number of carbonyl (C=O) groups excluding carboxylic acids is 1. The van der Waals surface area contributed by atoms with Gasteiger partial charge in [0.1, 0.15) is 5.38 Å². The summed E-state index contributed by atoms with van der Waals surface area (Å²) in [6.45, 7) is 1.47. The van der Waals surface area contributed by atoms with E-state index < -0.39 is 11.2 Å². The lowest BCUT2D eigenvalue weighted by Gasteiger charge is -2.19. The molecule has 1 aromatic carbocycles. The molecule has 1 saturated heterocycles. The third kappa shape index (κ3) is 2.58. The molecule has 0 aliphatic carbocycles. The van der Waals surface area contributed by atoms with Crippen LogP contribution in [-0.2, 0) is 4.79 Å². The molecule has 0 radical (unpaired) electrons. The van der Waals surface area contributed by atoms with E-state index in [2.05, 4.69) is 0 Å². The van der Waals surface area contributed by atoms with Crippen LogP contribution in [-0.4, -0.2) is 31.0 Å². The third-order valence-electron chi connectivity index (χ3n) is 3.10. The molecule has 0 bridgehead atoms. The molecule has 1 aliphatic heterocycles. The average Bonchev–Trinajstić information content (AvgIpc) is 2.90. The predicted molar refractivity (Wildman–Crippen MR) is 67.4 cm³/mol. The molecule has 1 unspecified atom stereocenters. The molecule has 3 nitrogen and oxygen atoms in total. The molecule has 0 saturated carbocycles. The highest BCUT2D eigenvalue weighted by atomic mass is 35.5. The van der Waals surface area contributed by atoms with Gasteiger partial charge in [-0.3, -0.25) is 4.79 Å². The van der Waals surface area contributed by atoms with Gasteiger partial charge in [0.2, 0.25) is 5.91 Å². The Morgan fingerprint density at radius 2 is 2.11 bits per heavy atom. The Morgan fingerprint density at radius 1 is 1.44 bits per heavy atom. The average molecular weight is 272 g/mol. The van der Waals surface area contributed by atoms with Crippen LogP contribution in [0.25, 0.3) is 0 Å². The van der Waals surface area contributed by atoms with Crippen LogP contribution in [0.1, 0.15) is 23.8 Å². The van der Waals surface area contributed by atoms with E-state index in [4.69, 9.17) is 16.3 Å². The summed E-state index contributed by atoms with van der Waals surface area (Å²) in [5.74, 6) is -0.509.